The number of amides is 1. The van der Waals surface area contributed by atoms with E-state index in [1.807, 2.05) is 37.3 Å². The summed E-state index contributed by atoms with van der Waals surface area (Å²) in [7, 11) is 0. The smallest absolute Gasteiger partial charge is 0.302 e. The first-order chi connectivity index (χ1) is 9.11. The molecular formula is C12H14N6O. The molecule has 0 aliphatic rings. The minimum Gasteiger partial charge on any atom is -0.370 e. The number of carbonyl (C=O) groups excluding carboxylic acids is 1. The van der Waals surface area contributed by atoms with Crippen molar-refractivity contribution < 1.29 is 4.79 Å². The molecule has 2 rings (SSSR count). The largest absolute Gasteiger partial charge is 0.370 e. The van der Waals surface area contributed by atoms with E-state index in [-0.39, 0.29) is 11.7 Å². The van der Waals surface area contributed by atoms with Crippen molar-refractivity contribution >= 4 is 11.9 Å². The number of hydrogen-bond acceptors (Lipinski definition) is 3. The zero-order valence-electron chi connectivity index (χ0n) is 10.4. The topological polar surface area (TPSA) is 112 Å². The van der Waals surface area contributed by atoms with Crippen molar-refractivity contribution in [2.45, 2.75) is 13.3 Å². The SMILES string of the molecule is CCc1nn(-c2ccccc2)nc1C(=O)N=C(N)N. The standard InChI is InChI=1S/C12H14N6O/c1-2-9-10(11(19)15-12(13)14)17-18(16-9)8-6-4-3-5-7-8/h3-7H,2H2,1H3,(H4,13,14,15,19). The van der Waals surface area contributed by atoms with E-state index in [1.54, 1.807) is 0 Å². The van der Waals surface area contributed by atoms with E-state index in [1.165, 1.54) is 4.80 Å². The predicted octanol–water partition coefficient (Wildman–Crippen LogP) is 0.243. The maximum absolute atomic E-state index is 11.8. The summed E-state index contributed by atoms with van der Waals surface area (Å²) >= 11 is 0. The average Bonchev–Trinajstić information content (AvgIpc) is 2.83. The van der Waals surface area contributed by atoms with Gasteiger partial charge >= 0.3 is 5.91 Å². The molecule has 2 aromatic rings. The van der Waals surface area contributed by atoms with Crippen LogP contribution in [-0.2, 0) is 6.42 Å². The molecule has 0 bridgehead atoms. The van der Waals surface area contributed by atoms with Crippen LogP contribution in [0.1, 0.15) is 23.1 Å². The lowest BCUT2D eigenvalue weighted by molar-refractivity contribution is 0.0996. The van der Waals surface area contributed by atoms with Crippen LogP contribution in [-0.4, -0.2) is 26.9 Å². The Labute approximate surface area is 109 Å². The Morgan fingerprint density at radius 1 is 1.26 bits per heavy atom. The fraction of sp³-hybridized carbons (Fsp3) is 0.167. The maximum atomic E-state index is 11.8. The first-order valence-electron chi connectivity index (χ1n) is 5.77. The summed E-state index contributed by atoms with van der Waals surface area (Å²) in [5.41, 5.74) is 11.9. The van der Waals surface area contributed by atoms with E-state index in [2.05, 4.69) is 15.2 Å². The van der Waals surface area contributed by atoms with Crippen LogP contribution in [0.4, 0.5) is 0 Å². The summed E-state index contributed by atoms with van der Waals surface area (Å²) in [5, 5.41) is 8.40. The molecule has 0 saturated heterocycles. The van der Waals surface area contributed by atoms with E-state index < -0.39 is 5.91 Å². The Kier molecular flexibility index (Phi) is 3.56. The van der Waals surface area contributed by atoms with Crippen LogP contribution in [0.3, 0.4) is 0 Å². The lowest BCUT2D eigenvalue weighted by Crippen LogP contribution is -2.24. The Morgan fingerprint density at radius 3 is 2.53 bits per heavy atom. The van der Waals surface area contributed by atoms with E-state index in [4.69, 9.17) is 11.5 Å². The number of rotatable bonds is 3. The molecule has 0 fully saturated rings. The highest BCUT2D eigenvalue weighted by Crippen LogP contribution is 2.10. The van der Waals surface area contributed by atoms with Gasteiger partial charge in [0.2, 0.25) is 0 Å². The quantitative estimate of drug-likeness (QED) is 0.605. The molecule has 0 aliphatic carbocycles. The summed E-state index contributed by atoms with van der Waals surface area (Å²) in [6.45, 7) is 1.88. The third-order valence-electron chi connectivity index (χ3n) is 2.44. The normalized spacial score (nSPS) is 10.2. The van der Waals surface area contributed by atoms with Gasteiger partial charge in [-0.2, -0.15) is 14.9 Å². The van der Waals surface area contributed by atoms with Gasteiger partial charge in [0, 0.05) is 0 Å². The summed E-state index contributed by atoms with van der Waals surface area (Å²) in [6, 6.07) is 9.30. The summed E-state index contributed by atoms with van der Waals surface area (Å²) in [6.07, 6.45) is 0.563. The number of guanidine groups is 1. The fourth-order valence-electron chi connectivity index (χ4n) is 1.59. The predicted molar refractivity (Wildman–Crippen MR) is 70.9 cm³/mol. The van der Waals surface area contributed by atoms with Crippen molar-refractivity contribution in [3.8, 4) is 5.69 Å². The molecule has 4 N–H and O–H groups in total. The number of aromatic nitrogens is 3. The molecular weight excluding hydrogens is 244 g/mol. The molecule has 0 aliphatic heterocycles. The molecule has 7 nitrogen and oxygen atoms in total. The molecule has 0 saturated carbocycles. The second-order valence-corrected chi connectivity index (χ2v) is 3.82. The van der Waals surface area contributed by atoms with E-state index in [9.17, 15) is 4.79 Å². The van der Waals surface area contributed by atoms with Crippen LogP contribution in [0.5, 0.6) is 0 Å². The molecule has 0 radical (unpaired) electrons. The Balaban J connectivity index is 2.44. The third kappa shape index (κ3) is 2.76. The number of carbonyl (C=O) groups is 1. The lowest BCUT2D eigenvalue weighted by atomic mass is 10.2. The highest BCUT2D eigenvalue weighted by molar-refractivity contribution is 6.01. The van der Waals surface area contributed by atoms with Gasteiger partial charge in [-0.05, 0) is 18.6 Å². The number of benzene rings is 1. The van der Waals surface area contributed by atoms with Gasteiger partial charge in [-0.3, -0.25) is 4.79 Å². The van der Waals surface area contributed by atoms with E-state index >= 15 is 0 Å². The first kappa shape index (κ1) is 12.7. The highest BCUT2D eigenvalue weighted by Gasteiger charge is 2.17. The van der Waals surface area contributed by atoms with Gasteiger partial charge in [-0.25, -0.2) is 0 Å². The Hall–Kier alpha value is -2.70. The highest BCUT2D eigenvalue weighted by atomic mass is 16.1. The summed E-state index contributed by atoms with van der Waals surface area (Å²) in [4.78, 5) is 16.7. The molecule has 0 unspecified atom stereocenters. The van der Waals surface area contributed by atoms with Crippen molar-refractivity contribution in [1.29, 1.82) is 0 Å². The van der Waals surface area contributed by atoms with Crippen LogP contribution in [0.15, 0.2) is 35.3 Å². The maximum Gasteiger partial charge on any atom is 0.302 e. The minimum absolute atomic E-state index is 0.166. The van der Waals surface area contributed by atoms with Gasteiger partial charge in [0.25, 0.3) is 0 Å². The van der Waals surface area contributed by atoms with Gasteiger partial charge in [0.1, 0.15) is 0 Å². The van der Waals surface area contributed by atoms with Crippen molar-refractivity contribution in [1.82, 2.24) is 15.0 Å². The second kappa shape index (κ2) is 5.30. The van der Waals surface area contributed by atoms with Gasteiger partial charge in [0.15, 0.2) is 11.7 Å². The van der Waals surface area contributed by atoms with E-state index in [0.29, 0.717) is 12.1 Å². The molecule has 7 heteroatoms. The van der Waals surface area contributed by atoms with Crippen LogP contribution < -0.4 is 11.5 Å². The Morgan fingerprint density at radius 2 is 1.95 bits per heavy atom. The minimum atomic E-state index is -0.584. The van der Waals surface area contributed by atoms with E-state index in [0.717, 1.165) is 5.69 Å². The zero-order valence-corrected chi connectivity index (χ0v) is 10.4. The number of hydrogen-bond donors (Lipinski definition) is 2. The number of aryl methyl sites for hydroxylation is 1. The number of aliphatic imine (C=N–C) groups is 1. The monoisotopic (exact) mass is 258 g/mol. The molecule has 1 aromatic heterocycles. The summed E-state index contributed by atoms with van der Waals surface area (Å²) < 4.78 is 0. The molecule has 0 atom stereocenters. The zero-order chi connectivity index (χ0) is 13.8. The lowest BCUT2D eigenvalue weighted by Gasteiger charge is -1.96. The van der Waals surface area contributed by atoms with Crippen molar-refractivity contribution in [2.24, 2.45) is 16.5 Å². The molecule has 1 aromatic carbocycles. The van der Waals surface area contributed by atoms with Crippen LogP contribution in [0.2, 0.25) is 0 Å². The Bertz CT molecular complexity index is 612. The third-order valence-corrected chi connectivity index (χ3v) is 2.44. The number of para-hydroxylation sites is 1. The average molecular weight is 258 g/mol. The molecule has 1 amide bonds. The van der Waals surface area contributed by atoms with Crippen LogP contribution >= 0.6 is 0 Å². The number of nitrogens with two attached hydrogens (primary N) is 2. The molecule has 98 valence electrons. The van der Waals surface area contributed by atoms with Crippen molar-refractivity contribution in [3.05, 3.63) is 41.7 Å². The van der Waals surface area contributed by atoms with Crippen LogP contribution in [0, 0.1) is 0 Å². The molecule has 1 heterocycles. The van der Waals surface area contributed by atoms with Gasteiger partial charge < -0.3 is 11.5 Å². The molecule has 19 heavy (non-hydrogen) atoms. The first-order valence-corrected chi connectivity index (χ1v) is 5.77. The number of nitrogens with zero attached hydrogens (tertiary/aromatic N) is 4. The van der Waals surface area contributed by atoms with Crippen molar-refractivity contribution in [2.75, 3.05) is 0 Å². The van der Waals surface area contributed by atoms with Gasteiger partial charge in [0.05, 0.1) is 11.4 Å². The second-order valence-electron chi connectivity index (χ2n) is 3.82. The van der Waals surface area contributed by atoms with Gasteiger partial charge in [-0.15, -0.1) is 5.10 Å². The van der Waals surface area contributed by atoms with Gasteiger partial charge in [-0.1, -0.05) is 25.1 Å². The van der Waals surface area contributed by atoms with Crippen LogP contribution in [0.25, 0.3) is 5.69 Å². The van der Waals surface area contributed by atoms with Crippen molar-refractivity contribution in [3.63, 3.8) is 0 Å². The molecule has 0 spiro atoms. The fourth-order valence-corrected chi connectivity index (χ4v) is 1.59. The summed E-state index contributed by atoms with van der Waals surface area (Å²) in [5.74, 6) is -0.875.